The van der Waals surface area contributed by atoms with Crippen molar-refractivity contribution in [3.05, 3.63) is 30.4 Å². The first-order valence-corrected chi connectivity index (χ1v) is 5.36. The summed E-state index contributed by atoms with van der Waals surface area (Å²) >= 11 is 0. The van der Waals surface area contributed by atoms with Crippen molar-refractivity contribution in [3.63, 3.8) is 0 Å². The van der Waals surface area contributed by atoms with Gasteiger partial charge < -0.3 is 9.09 Å². The minimum Gasteiger partial charge on any atom is -0.330 e. The van der Waals surface area contributed by atoms with Gasteiger partial charge in [0.25, 0.3) is 5.89 Å². The number of pyridine rings is 1. The van der Waals surface area contributed by atoms with Crippen molar-refractivity contribution in [1.29, 1.82) is 0 Å². The van der Waals surface area contributed by atoms with Crippen LogP contribution in [0.2, 0.25) is 0 Å². The van der Waals surface area contributed by atoms with E-state index in [9.17, 15) is 0 Å². The standard InChI is InChI=1S/C11H10N6O/c1-7-13-11(18-16-7)10-15-14-9(17(10)2)8-4-3-5-12-6-8/h3-6H,1-2H3. The molecule has 0 spiro atoms. The second-order valence-corrected chi connectivity index (χ2v) is 3.79. The molecular weight excluding hydrogens is 232 g/mol. The van der Waals surface area contributed by atoms with E-state index in [2.05, 4.69) is 25.3 Å². The Balaban J connectivity index is 2.08. The fourth-order valence-electron chi connectivity index (χ4n) is 1.65. The Labute approximate surface area is 103 Å². The van der Waals surface area contributed by atoms with Crippen LogP contribution in [-0.2, 0) is 7.05 Å². The molecule has 0 unspecified atom stereocenters. The normalized spacial score (nSPS) is 10.8. The summed E-state index contributed by atoms with van der Waals surface area (Å²) in [6, 6.07) is 3.76. The summed E-state index contributed by atoms with van der Waals surface area (Å²) < 4.78 is 6.88. The van der Waals surface area contributed by atoms with Gasteiger partial charge in [0, 0.05) is 25.0 Å². The van der Waals surface area contributed by atoms with E-state index in [4.69, 9.17) is 4.52 Å². The van der Waals surface area contributed by atoms with Crippen LogP contribution in [0.4, 0.5) is 0 Å². The number of nitrogens with zero attached hydrogens (tertiary/aromatic N) is 6. The van der Waals surface area contributed by atoms with Crippen LogP contribution in [0.5, 0.6) is 0 Å². The second-order valence-electron chi connectivity index (χ2n) is 3.79. The predicted octanol–water partition coefficient (Wildman–Crippen LogP) is 1.24. The van der Waals surface area contributed by atoms with E-state index in [0.717, 1.165) is 5.56 Å². The number of hydrogen-bond acceptors (Lipinski definition) is 6. The molecule has 0 N–H and O–H groups in total. The first-order valence-electron chi connectivity index (χ1n) is 5.36. The molecule has 3 rings (SSSR count). The summed E-state index contributed by atoms with van der Waals surface area (Å²) in [5.41, 5.74) is 0.884. The molecule has 3 aromatic rings. The zero-order valence-corrected chi connectivity index (χ0v) is 9.90. The van der Waals surface area contributed by atoms with E-state index < -0.39 is 0 Å². The third-order valence-electron chi connectivity index (χ3n) is 2.51. The number of aromatic nitrogens is 6. The van der Waals surface area contributed by atoms with E-state index in [0.29, 0.717) is 23.4 Å². The van der Waals surface area contributed by atoms with Gasteiger partial charge in [-0.1, -0.05) is 5.16 Å². The Bertz CT molecular complexity index is 672. The van der Waals surface area contributed by atoms with E-state index in [1.54, 1.807) is 23.9 Å². The summed E-state index contributed by atoms with van der Waals surface area (Å²) in [6.07, 6.45) is 3.44. The molecule has 0 saturated carbocycles. The van der Waals surface area contributed by atoms with Crippen molar-refractivity contribution < 1.29 is 4.52 Å². The minimum absolute atomic E-state index is 0.359. The molecule has 0 amide bonds. The molecule has 3 heterocycles. The van der Waals surface area contributed by atoms with E-state index in [1.165, 1.54) is 0 Å². The molecule has 7 nitrogen and oxygen atoms in total. The Morgan fingerprint density at radius 2 is 2.06 bits per heavy atom. The van der Waals surface area contributed by atoms with Crippen LogP contribution in [0.1, 0.15) is 5.82 Å². The largest absolute Gasteiger partial charge is 0.330 e. The predicted molar refractivity (Wildman–Crippen MR) is 62.3 cm³/mol. The summed E-state index contributed by atoms with van der Waals surface area (Å²) in [4.78, 5) is 8.19. The van der Waals surface area contributed by atoms with Gasteiger partial charge in [-0.15, -0.1) is 10.2 Å². The highest BCUT2D eigenvalue weighted by atomic mass is 16.5. The topological polar surface area (TPSA) is 82.5 Å². The smallest absolute Gasteiger partial charge is 0.295 e. The summed E-state index contributed by atoms with van der Waals surface area (Å²) in [5, 5.41) is 11.9. The van der Waals surface area contributed by atoms with Gasteiger partial charge in [-0.2, -0.15) is 4.98 Å². The van der Waals surface area contributed by atoms with Crippen molar-refractivity contribution in [1.82, 2.24) is 29.9 Å². The first-order chi connectivity index (χ1) is 8.75. The molecular formula is C11H10N6O. The van der Waals surface area contributed by atoms with Crippen molar-refractivity contribution >= 4 is 0 Å². The molecule has 7 heteroatoms. The maximum Gasteiger partial charge on any atom is 0.295 e. The lowest BCUT2D eigenvalue weighted by atomic mass is 10.3. The van der Waals surface area contributed by atoms with Crippen molar-refractivity contribution in [2.45, 2.75) is 6.92 Å². The molecule has 0 aliphatic heterocycles. The molecule has 0 aliphatic rings. The molecule has 0 bridgehead atoms. The lowest BCUT2D eigenvalue weighted by molar-refractivity contribution is 0.421. The van der Waals surface area contributed by atoms with Gasteiger partial charge in [0.1, 0.15) is 0 Å². The quantitative estimate of drug-likeness (QED) is 0.672. The summed E-state index contributed by atoms with van der Waals surface area (Å²) in [5.74, 6) is 2.16. The van der Waals surface area contributed by atoms with E-state index in [1.807, 2.05) is 19.2 Å². The van der Waals surface area contributed by atoms with Gasteiger partial charge in [0.2, 0.25) is 5.82 Å². The molecule has 18 heavy (non-hydrogen) atoms. The highest BCUT2D eigenvalue weighted by Gasteiger charge is 2.17. The summed E-state index contributed by atoms with van der Waals surface area (Å²) in [7, 11) is 1.84. The molecule has 0 aromatic carbocycles. The van der Waals surface area contributed by atoms with Crippen LogP contribution in [-0.4, -0.2) is 29.9 Å². The average Bonchev–Trinajstić information content (AvgIpc) is 2.97. The van der Waals surface area contributed by atoms with Gasteiger partial charge in [0.15, 0.2) is 11.6 Å². The zero-order chi connectivity index (χ0) is 12.5. The lowest BCUT2D eigenvalue weighted by Crippen LogP contribution is -1.96. The van der Waals surface area contributed by atoms with Crippen LogP contribution in [0.3, 0.4) is 0 Å². The zero-order valence-electron chi connectivity index (χ0n) is 9.90. The van der Waals surface area contributed by atoms with E-state index in [-0.39, 0.29) is 0 Å². The molecule has 0 atom stereocenters. The molecule has 0 radical (unpaired) electrons. The van der Waals surface area contributed by atoms with E-state index >= 15 is 0 Å². The number of aryl methyl sites for hydroxylation is 1. The monoisotopic (exact) mass is 242 g/mol. The maximum absolute atomic E-state index is 5.08. The average molecular weight is 242 g/mol. The first kappa shape index (κ1) is 10.6. The van der Waals surface area contributed by atoms with Crippen LogP contribution in [0, 0.1) is 6.92 Å². The van der Waals surface area contributed by atoms with Crippen molar-refractivity contribution in [3.8, 4) is 23.1 Å². The highest BCUT2D eigenvalue weighted by Crippen LogP contribution is 2.21. The lowest BCUT2D eigenvalue weighted by Gasteiger charge is -2.00. The third kappa shape index (κ3) is 1.65. The molecule has 3 aromatic heterocycles. The number of rotatable bonds is 2. The summed E-state index contributed by atoms with van der Waals surface area (Å²) in [6.45, 7) is 1.76. The van der Waals surface area contributed by atoms with Gasteiger partial charge in [-0.05, 0) is 19.1 Å². The van der Waals surface area contributed by atoms with Gasteiger partial charge in [-0.25, -0.2) is 0 Å². The number of hydrogen-bond donors (Lipinski definition) is 0. The second kappa shape index (κ2) is 4.02. The Morgan fingerprint density at radius 1 is 1.22 bits per heavy atom. The molecule has 0 aliphatic carbocycles. The Morgan fingerprint density at radius 3 is 2.72 bits per heavy atom. The van der Waals surface area contributed by atoms with Gasteiger partial charge in [-0.3, -0.25) is 4.98 Å². The van der Waals surface area contributed by atoms with Crippen LogP contribution < -0.4 is 0 Å². The molecule has 0 fully saturated rings. The minimum atomic E-state index is 0.359. The highest BCUT2D eigenvalue weighted by molar-refractivity contribution is 5.57. The third-order valence-corrected chi connectivity index (χ3v) is 2.51. The van der Waals surface area contributed by atoms with Gasteiger partial charge in [0.05, 0.1) is 0 Å². The fraction of sp³-hybridized carbons (Fsp3) is 0.182. The fourth-order valence-corrected chi connectivity index (χ4v) is 1.65. The molecule has 90 valence electrons. The molecule has 0 saturated heterocycles. The Hall–Kier alpha value is -2.57. The maximum atomic E-state index is 5.08. The SMILES string of the molecule is Cc1noc(-c2nnc(-c3cccnc3)n2C)n1. The van der Waals surface area contributed by atoms with Crippen LogP contribution >= 0.6 is 0 Å². The van der Waals surface area contributed by atoms with Crippen LogP contribution in [0.15, 0.2) is 29.0 Å². The van der Waals surface area contributed by atoms with Crippen molar-refractivity contribution in [2.75, 3.05) is 0 Å². The Kier molecular flexibility index (Phi) is 2.36. The van der Waals surface area contributed by atoms with Crippen LogP contribution in [0.25, 0.3) is 23.1 Å². The van der Waals surface area contributed by atoms with Crippen molar-refractivity contribution in [2.24, 2.45) is 7.05 Å². The van der Waals surface area contributed by atoms with Gasteiger partial charge >= 0.3 is 0 Å².